The SMILES string of the molecule is CCNC1CCCN(C(=O)C(CC)CC)c2ccccc21. The standard InChI is InChI=1S/C18H28N2O/c1-4-14(5-2)18(21)20-13-9-11-16(19-6-3)15-10-7-8-12-17(15)20/h7-8,10,12,14,16,19H,4-6,9,11,13H2,1-3H3. The molecule has 0 aliphatic carbocycles. The zero-order valence-electron chi connectivity index (χ0n) is 13.6. The molecular weight excluding hydrogens is 260 g/mol. The molecule has 0 aromatic heterocycles. The zero-order valence-corrected chi connectivity index (χ0v) is 13.6. The van der Waals surface area contributed by atoms with Crippen molar-refractivity contribution in [1.29, 1.82) is 0 Å². The van der Waals surface area contributed by atoms with Gasteiger partial charge in [-0.05, 0) is 43.9 Å². The molecule has 0 saturated carbocycles. The maximum Gasteiger partial charge on any atom is 0.230 e. The molecule has 1 amide bonds. The van der Waals surface area contributed by atoms with Crippen molar-refractivity contribution in [3.05, 3.63) is 29.8 Å². The van der Waals surface area contributed by atoms with Crippen LogP contribution in [0.1, 0.15) is 58.1 Å². The number of anilines is 1. The summed E-state index contributed by atoms with van der Waals surface area (Å²) in [6.07, 6.45) is 3.99. The minimum absolute atomic E-state index is 0.147. The lowest BCUT2D eigenvalue weighted by molar-refractivity contribution is -0.122. The number of benzene rings is 1. The number of carbonyl (C=O) groups is 1. The normalized spacial score (nSPS) is 18.5. The van der Waals surface area contributed by atoms with Crippen molar-refractivity contribution >= 4 is 11.6 Å². The zero-order chi connectivity index (χ0) is 15.2. The fourth-order valence-corrected chi connectivity index (χ4v) is 3.30. The van der Waals surface area contributed by atoms with Crippen LogP contribution in [0.3, 0.4) is 0 Å². The second-order valence-corrected chi connectivity index (χ2v) is 5.81. The molecule has 0 fully saturated rings. The van der Waals surface area contributed by atoms with Crippen LogP contribution in [0, 0.1) is 5.92 Å². The van der Waals surface area contributed by atoms with E-state index in [1.54, 1.807) is 0 Å². The minimum Gasteiger partial charge on any atom is -0.312 e. The van der Waals surface area contributed by atoms with Gasteiger partial charge in [-0.1, -0.05) is 39.0 Å². The van der Waals surface area contributed by atoms with Gasteiger partial charge in [0.05, 0.1) is 0 Å². The molecule has 21 heavy (non-hydrogen) atoms. The first-order chi connectivity index (χ1) is 10.2. The van der Waals surface area contributed by atoms with Crippen LogP contribution in [0.4, 0.5) is 5.69 Å². The van der Waals surface area contributed by atoms with E-state index in [2.05, 4.69) is 44.3 Å². The minimum atomic E-state index is 0.147. The first-order valence-electron chi connectivity index (χ1n) is 8.36. The molecule has 1 aliphatic heterocycles. The van der Waals surface area contributed by atoms with Gasteiger partial charge in [-0.3, -0.25) is 4.79 Å². The van der Waals surface area contributed by atoms with Crippen LogP contribution in [0.2, 0.25) is 0 Å². The molecule has 116 valence electrons. The van der Waals surface area contributed by atoms with Crippen LogP contribution in [0.25, 0.3) is 0 Å². The summed E-state index contributed by atoms with van der Waals surface area (Å²) < 4.78 is 0. The molecule has 1 atom stereocenters. The van der Waals surface area contributed by atoms with Gasteiger partial charge in [0.2, 0.25) is 5.91 Å². The number of amides is 1. The number of para-hydroxylation sites is 1. The number of carbonyl (C=O) groups excluding carboxylic acids is 1. The molecule has 3 nitrogen and oxygen atoms in total. The monoisotopic (exact) mass is 288 g/mol. The highest BCUT2D eigenvalue weighted by Crippen LogP contribution is 2.34. The van der Waals surface area contributed by atoms with Crippen molar-refractivity contribution in [2.75, 3.05) is 18.0 Å². The quantitative estimate of drug-likeness (QED) is 0.891. The third-order valence-electron chi connectivity index (χ3n) is 4.53. The van der Waals surface area contributed by atoms with Crippen LogP contribution in [0.15, 0.2) is 24.3 Å². The second kappa shape index (κ2) is 7.60. The van der Waals surface area contributed by atoms with Gasteiger partial charge in [-0.2, -0.15) is 0 Å². The molecule has 0 radical (unpaired) electrons. The van der Waals surface area contributed by atoms with Crippen molar-refractivity contribution in [3.8, 4) is 0 Å². The number of rotatable bonds is 5. The molecule has 1 aromatic rings. The van der Waals surface area contributed by atoms with Gasteiger partial charge >= 0.3 is 0 Å². The summed E-state index contributed by atoms with van der Waals surface area (Å²) in [5, 5.41) is 3.56. The number of fused-ring (bicyclic) bond motifs is 1. The molecule has 0 spiro atoms. The summed E-state index contributed by atoms with van der Waals surface area (Å²) in [4.78, 5) is 14.9. The van der Waals surface area contributed by atoms with Gasteiger partial charge in [-0.25, -0.2) is 0 Å². The van der Waals surface area contributed by atoms with Gasteiger partial charge in [0.25, 0.3) is 0 Å². The fraction of sp³-hybridized carbons (Fsp3) is 0.611. The number of hydrogen-bond acceptors (Lipinski definition) is 2. The van der Waals surface area contributed by atoms with Gasteiger partial charge < -0.3 is 10.2 Å². The van der Waals surface area contributed by atoms with E-state index in [1.807, 2.05) is 11.0 Å². The van der Waals surface area contributed by atoms with Gasteiger partial charge in [0.1, 0.15) is 0 Å². The Bertz CT molecular complexity index is 468. The van der Waals surface area contributed by atoms with E-state index in [9.17, 15) is 4.79 Å². The lowest BCUT2D eigenvalue weighted by Gasteiger charge is -2.27. The van der Waals surface area contributed by atoms with E-state index in [-0.39, 0.29) is 5.92 Å². The summed E-state index contributed by atoms with van der Waals surface area (Å²) in [5.74, 6) is 0.443. The molecule has 1 unspecified atom stereocenters. The van der Waals surface area contributed by atoms with E-state index in [0.717, 1.165) is 44.5 Å². The number of nitrogens with one attached hydrogen (secondary N) is 1. The first-order valence-corrected chi connectivity index (χ1v) is 8.36. The Morgan fingerprint density at radius 2 is 2.00 bits per heavy atom. The number of hydrogen-bond donors (Lipinski definition) is 1. The van der Waals surface area contributed by atoms with E-state index in [4.69, 9.17) is 0 Å². The van der Waals surface area contributed by atoms with Crippen LogP contribution in [0.5, 0.6) is 0 Å². The average Bonchev–Trinajstić information content (AvgIpc) is 2.69. The van der Waals surface area contributed by atoms with E-state index in [0.29, 0.717) is 11.9 Å². The highest BCUT2D eigenvalue weighted by molar-refractivity contribution is 5.96. The van der Waals surface area contributed by atoms with Crippen LogP contribution in [-0.2, 0) is 4.79 Å². The lowest BCUT2D eigenvalue weighted by atomic mass is 9.99. The molecule has 1 aromatic carbocycles. The highest BCUT2D eigenvalue weighted by atomic mass is 16.2. The van der Waals surface area contributed by atoms with Crippen molar-refractivity contribution in [3.63, 3.8) is 0 Å². The van der Waals surface area contributed by atoms with Gasteiger partial charge in [0, 0.05) is 24.2 Å². The third kappa shape index (κ3) is 3.46. The molecule has 2 rings (SSSR count). The van der Waals surface area contributed by atoms with E-state index in [1.165, 1.54) is 5.56 Å². The lowest BCUT2D eigenvalue weighted by Crippen LogP contribution is -2.36. The Hall–Kier alpha value is -1.35. The Labute approximate surface area is 128 Å². The fourth-order valence-electron chi connectivity index (χ4n) is 3.30. The molecule has 3 heteroatoms. The summed E-state index contributed by atoms with van der Waals surface area (Å²) >= 11 is 0. The van der Waals surface area contributed by atoms with Gasteiger partial charge in [0.15, 0.2) is 0 Å². The third-order valence-corrected chi connectivity index (χ3v) is 4.53. The predicted octanol–water partition coefficient (Wildman–Crippen LogP) is 3.90. The summed E-state index contributed by atoms with van der Waals surface area (Å²) in [7, 11) is 0. The maximum atomic E-state index is 12.8. The summed E-state index contributed by atoms with van der Waals surface area (Å²) in [5.41, 5.74) is 2.38. The van der Waals surface area contributed by atoms with Crippen LogP contribution >= 0.6 is 0 Å². The smallest absolute Gasteiger partial charge is 0.230 e. The van der Waals surface area contributed by atoms with E-state index >= 15 is 0 Å². The summed E-state index contributed by atoms with van der Waals surface area (Å²) in [6.45, 7) is 8.16. The van der Waals surface area contributed by atoms with Crippen molar-refractivity contribution in [2.24, 2.45) is 5.92 Å². The van der Waals surface area contributed by atoms with Crippen LogP contribution in [-0.4, -0.2) is 19.0 Å². The summed E-state index contributed by atoms with van der Waals surface area (Å²) in [6, 6.07) is 8.76. The molecule has 1 aliphatic rings. The molecule has 0 bridgehead atoms. The van der Waals surface area contributed by atoms with Crippen molar-refractivity contribution in [1.82, 2.24) is 5.32 Å². The van der Waals surface area contributed by atoms with E-state index < -0.39 is 0 Å². The van der Waals surface area contributed by atoms with Gasteiger partial charge in [-0.15, -0.1) is 0 Å². The Morgan fingerprint density at radius 1 is 1.29 bits per heavy atom. The second-order valence-electron chi connectivity index (χ2n) is 5.81. The van der Waals surface area contributed by atoms with Crippen molar-refractivity contribution < 1.29 is 4.79 Å². The van der Waals surface area contributed by atoms with Crippen molar-refractivity contribution in [2.45, 2.75) is 52.5 Å². The Morgan fingerprint density at radius 3 is 2.67 bits per heavy atom. The first kappa shape index (κ1) is 16.0. The molecular formula is C18H28N2O. The topological polar surface area (TPSA) is 32.3 Å². The Balaban J connectivity index is 2.34. The Kier molecular flexibility index (Phi) is 5.80. The largest absolute Gasteiger partial charge is 0.312 e. The molecule has 0 saturated heterocycles. The average molecular weight is 288 g/mol. The highest BCUT2D eigenvalue weighted by Gasteiger charge is 2.28. The molecule has 1 heterocycles. The van der Waals surface area contributed by atoms with Crippen LogP contribution < -0.4 is 10.2 Å². The predicted molar refractivity (Wildman–Crippen MR) is 88.5 cm³/mol. The number of nitrogens with zero attached hydrogens (tertiary/aromatic N) is 1. The maximum absolute atomic E-state index is 12.8. The molecule has 1 N–H and O–H groups in total.